The standard InChI is InChI=1S/C27H30F3N3O2S/c1-19-10-12-33(13-11-19)26(34)24-18-36-25(31-24)17-32(15-20-6-8-23(35-2)9-7-20)16-21-4-3-5-22(14-21)27(28,29)30/h3-9,14,18-19H,10-13,15-17H2,1-2H3. The molecule has 0 saturated carbocycles. The zero-order valence-corrected chi connectivity index (χ0v) is 21.2. The minimum atomic E-state index is -4.40. The van der Waals surface area contributed by atoms with E-state index in [2.05, 4.69) is 11.9 Å². The first-order valence-corrected chi connectivity index (χ1v) is 12.8. The van der Waals surface area contributed by atoms with Crippen LogP contribution in [-0.4, -0.2) is 40.9 Å². The number of carbonyl (C=O) groups excluding carboxylic acids is 1. The number of hydrogen-bond donors (Lipinski definition) is 0. The van der Waals surface area contributed by atoms with E-state index in [9.17, 15) is 18.0 Å². The number of piperidine rings is 1. The molecule has 1 saturated heterocycles. The van der Waals surface area contributed by atoms with Crippen LogP contribution in [0.5, 0.6) is 5.75 Å². The lowest BCUT2D eigenvalue weighted by Crippen LogP contribution is -2.38. The molecule has 36 heavy (non-hydrogen) atoms. The quantitative estimate of drug-likeness (QED) is 0.355. The van der Waals surface area contributed by atoms with Crippen LogP contribution in [-0.2, 0) is 25.8 Å². The van der Waals surface area contributed by atoms with Crippen LogP contribution >= 0.6 is 11.3 Å². The van der Waals surface area contributed by atoms with E-state index in [1.54, 1.807) is 18.6 Å². The molecule has 1 aromatic heterocycles. The summed E-state index contributed by atoms with van der Waals surface area (Å²) in [6.07, 6.45) is -2.40. The summed E-state index contributed by atoms with van der Waals surface area (Å²) in [7, 11) is 1.60. The van der Waals surface area contributed by atoms with Crippen molar-refractivity contribution in [3.8, 4) is 5.75 Å². The van der Waals surface area contributed by atoms with Crippen molar-refractivity contribution in [2.24, 2.45) is 5.92 Å². The predicted octanol–water partition coefficient (Wildman–Crippen LogP) is 6.25. The van der Waals surface area contributed by atoms with Crippen LogP contribution in [0.25, 0.3) is 0 Å². The normalized spacial score (nSPS) is 14.9. The molecule has 0 unspecified atom stereocenters. The molecular weight excluding hydrogens is 487 g/mol. The molecule has 192 valence electrons. The van der Waals surface area contributed by atoms with Crippen LogP contribution in [0.3, 0.4) is 0 Å². The molecule has 5 nitrogen and oxygen atoms in total. The number of hydrogen-bond acceptors (Lipinski definition) is 5. The van der Waals surface area contributed by atoms with Crippen LogP contribution in [0.2, 0.25) is 0 Å². The first-order chi connectivity index (χ1) is 17.2. The molecule has 0 aliphatic carbocycles. The molecule has 1 amide bonds. The van der Waals surface area contributed by atoms with Gasteiger partial charge in [-0.3, -0.25) is 9.69 Å². The average Bonchev–Trinajstić information content (AvgIpc) is 3.32. The Hall–Kier alpha value is -2.91. The van der Waals surface area contributed by atoms with Gasteiger partial charge in [0, 0.05) is 31.6 Å². The van der Waals surface area contributed by atoms with Crippen molar-refractivity contribution >= 4 is 17.2 Å². The monoisotopic (exact) mass is 517 g/mol. The summed E-state index contributed by atoms with van der Waals surface area (Å²) in [6.45, 7) is 4.91. The van der Waals surface area contributed by atoms with Gasteiger partial charge >= 0.3 is 6.18 Å². The number of likely N-dealkylation sites (tertiary alicyclic amines) is 1. The summed E-state index contributed by atoms with van der Waals surface area (Å²) in [5.41, 5.74) is 1.34. The lowest BCUT2D eigenvalue weighted by Gasteiger charge is -2.29. The van der Waals surface area contributed by atoms with Gasteiger partial charge in [-0.15, -0.1) is 11.3 Å². The lowest BCUT2D eigenvalue weighted by molar-refractivity contribution is -0.137. The molecule has 9 heteroatoms. The number of carbonyl (C=O) groups is 1. The van der Waals surface area contributed by atoms with Gasteiger partial charge in [0.1, 0.15) is 16.5 Å². The highest BCUT2D eigenvalue weighted by Crippen LogP contribution is 2.30. The maximum absolute atomic E-state index is 13.3. The number of rotatable bonds is 8. The minimum absolute atomic E-state index is 0.0519. The molecule has 0 bridgehead atoms. The third kappa shape index (κ3) is 6.85. The Balaban J connectivity index is 1.51. The first kappa shape index (κ1) is 26.2. The fourth-order valence-corrected chi connectivity index (χ4v) is 5.12. The summed E-state index contributed by atoms with van der Waals surface area (Å²) in [6, 6.07) is 13.0. The molecule has 2 heterocycles. The van der Waals surface area contributed by atoms with Gasteiger partial charge in [0.25, 0.3) is 5.91 Å². The van der Waals surface area contributed by atoms with Gasteiger partial charge < -0.3 is 9.64 Å². The molecule has 0 radical (unpaired) electrons. The number of halogens is 3. The molecule has 4 rings (SSSR count). The number of thiazole rings is 1. The average molecular weight is 518 g/mol. The van der Waals surface area contributed by atoms with Gasteiger partial charge in [-0.05, 0) is 48.1 Å². The van der Waals surface area contributed by atoms with Crippen molar-refractivity contribution in [3.05, 3.63) is 81.3 Å². The molecule has 0 spiro atoms. The van der Waals surface area contributed by atoms with Crippen molar-refractivity contribution in [1.29, 1.82) is 0 Å². The van der Waals surface area contributed by atoms with E-state index >= 15 is 0 Å². The van der Waals surface area contributed by atoms with Crippen molar-refractivity contribution in [3.63, 3.8) is 0 Å². The molecule has 3 aromatic rings. The van der Waals surface area contributed by atoms with Crippen LogP contribution in [0.4, 0.5) is 13.2 Å². The summed E-state index contributed by atoms with van der Waals surface area (Å²) < 4.78 is 45.0. The van der Waals surface area contributed by atoms with Crippen molar-refractivity contribution in [2.45, 2.75) is 45.6 Å². The molecule has 0 N–H and O–H groups in total. The number of benzene rings is 2. The maximum Gasteiger partial charge on any atom is 0.416 e. The van der Waals surface area contributed by atoms with E-state index in [1.807, 2.05) is 34.1 Å². The third-order valence-corrected chi connectivity index (χ3v) is 7.26. The minimum Gasteiger partial charge on any atom is -0.497 e. The highest BCUT2D eigenvalue weighted by Gasteiger charge is 2.30. The van der Waals surface area contributed by atoms with Crippen LogP contribution in [0, 0.1) is 5.92 Å². The second-order valence-corrected chi connectivity index (χ2v) is 10.2. The third-order valence-electron chi connectivity index (χ3n) is 6.43. The number of amides is 1. The largest absolute Gasteiger partial charge is 0.497 e. The van der Waals surface area contributed by atoms with Gasteiger partial charge in [-0.25, -0.2) is 4.98 Å². The lowest BCUT2D eigenvalue weighted by atomic mass is 9.99. The molecular formula is C27H30F3N3O2S. The Morgan fingerprint density at radius 1 is 1.08 bits per heavy atom. The molecule has 1 aliphatic rings. The smallest absolute Gasteiger partial charge is 0.416 e. The number of methoxy groups -OCH3 is 1. The van der Waals surface area contributed by atoms with Crippen molar-refractivity contribution in [2.75, 3.05) is 20.2 Å². The Morgan fingerprint density at radius 3 is 2.44 bits per heavy atom. The molecule has 1 fully saturated rings. The van der Waals surface area contributed by atoms with Crippen LogP contribution < -0.4 is 4.74 Å². The second-order valence-electron chi connectivity index (χ2n) is 9.29. The van der Waals surface area contributed by atoms with Crippen LogP contribution in [0.15, 0.2) is 53.9 Å². The zero-order chi connectivity index (χ0) is 25.7. The summed E-state index contributed by atoms with van der Waals surface area (Å²) in [5, 5.41) is 2.54. The fraction of sp³-hybridized carbons (Fsp3) is 0.407. The topological polar surface area (TPSA) is 45.7 Å². The van der Waals surface area contributed by atoms with E-state index in [-0.39, 0.29) is 5.91 Å². The van der Waals surface area contributed by atoms with Gasteiger partial charge in [0.2, 0.25) is 0 Å². The van der Waals surface area contributed by atoms with Gasteiger partial charge in [0.05, 0.1) is 19.2 Å². The number of nitrogens with zero attached hydrogens (tertiary/aromatic N) is 3. The SMILES string of the molecule is COc1ccc(CN(Cc2cccc(C(F)(F)F)c2)Cc2nc(C(=O)N3CCC(C)CC3)cs2)cc1. The first-order valence-electron chi connectivity index (χ1n) is 12.0. The van der Waals surface area contributed by atoms with E-state index in [0.717, 1.165) is 48.3 Å². The summed E-state index contributed by atoms with van der Waals surface area (Å²) in [5.74, 6) is 1.31. The Bertz CT molecular complexity index is 1160. The number of aromatic nitrogens is 1. The maximum atomic E-state index is 13.3. The zero-order valence-electron chi connectivity index (χ0n) is 20.4. The highest BCUT2D eigenvalue weighted by atomic mass is 32.1. The predicted molar refractivity (Wildman–Crippen MR) is 134 cm³/mol. The van der Waals surface area contributed by atoms with Gasteiger partial charge in [-0.2, -0.15) is 13.2 Å². The second kappa shape index (κ2) is 11.4. The molecule has 2 aromatic carbocycles. The van der Waals surface area contributed by atoms with E-state index < -0.39 is 11.7 Å². The number of alkyl halides is 3. The van der Waals surface area contributed by atoms with E-state index in [0.29, 0.717) is 36.8 Å². The molecule has 0 atom stereocenters. The van der Waals surface area contributed by atoms with Gasteiger partial charge in [-0.1, -0.05) is 37.3 Å². The highest BCUT2D eigenvalue weighted by molar-refractivity contribution is 7.09. The number of ether oxygens (including phenoxy) is 1. The fourth-order valence-electron chi connectivity index (χ4n) is 4.31. The Labute approximate surface area is 213 Å². The summed E-state index contributed by atoms with van der Waals surface area (Å²) in [4.78, 5) is 21.4. The van der Waals surface area contributed by atoms with Crippen molar-refractivity contribution < 1.29 is 22.7 Å². The van der Waals surface area contributed by atoms with E-state index in [1.165, 1.54) is 23.5 Å². The van der Waals surface area contributed by atoms with Crippen LogP contribution in [0.1, 0.15) is 52.0 Å². The summed E-state index contributed by atoms with van der Waals surface area (Å²) >= 11 is 1.41. The molecule has 1 aliphatic heterocycles. The Morgan fingerprint density at radius 2 is 1.78 bits per heavy atom. The van der Waals surface area contributed by atoms with Gasteiger partial charge in [0.15, 0.2) is 0 Å². The van der Waals surface area contributed by atoms with Crippen molar-refractivity contribution in [1.82, 2.24) is 14.8 Å². The van der Waals surface area contributed by atoms with E-state index in [4.69, 9.17) is 4.74 Å². The Kier molecular flexibility index (Phi) is 8.31.